The molecule has 2 aliphatic rings. The van der Waals surface area contributed by atoms with Gasteiger partial charge in [-0.25, -0.2) is 8.78 Å². The van der Waals surface area contributed by atoms with E-state index in [2.05, 4.69) is 0 Å². The van der Waals surface area contributed by atoms with Crippen molar-refractivity contribution < 1.29 is 18.3 Å². The molecule has 0 N–H and O–H groups in total. The quantitative estimate of drug-likeness (QED) is 0.712. The van der Waals surface area contributed by atoms with Crippen LogP contribution in [0.4, 0.5) is 8.78 Å². The van der Waals surface area contributed by atoms with E-state index >= 15 is 0 Å². The van der Waals surface area contributed by atoms with Crippen LogP contribution in [0, 0.1) is 11.3 Å². The Hall–Kier alpha value is -0.710. The molecular weight excluding hydrogens is 204 g/mol. The number of amides is 1. The lowest BCUT2D eigenvalue weighted by Gasteiger charge is -2.46. The van der Waals surface area contributed by atoms with E-state index in [9.17, 15) is 13.6 Å². The van der Waals surface area contributed by atoms with E-state index in [1.807, 2.05) is 6.92 Å². The van der Waals surface area contributed by atoms with Gasteiger partial charge in [0.05, 0.1) is 18.6 Å². The maximum absolute atomic E-state index is 12.0. The van der Waals surface area contributed by atoms with Crippen molar-refractivity contribution >= 4 is 5.91 Å². The SMILES string of the molecule is CC1(C(=O)N2CC(CC(F)F)C2)COC1. The molecule has 86 valence electrons. The highest BCUT2D eigenvalue weighted by molar-refractivity contribution is 5.84. The third-order valence-corrected chi connectivity index (χ3v) is 3.11. The van der Waals surface area contributed by atoms with E-state index in [1.165, 1.54) is 0 Å². The minimum absolute atomic E-state index is 0.0152. The molecule has 0 aromatic rings. The molecule has 0 aliphatic carbocycles. The number of ether oxygens (including phenoxy) is 1. The van der Waals surface area contributed by atoms with Gasteiger partial charge in [0.1, 0.15) is 0 Å². The van der Waals surface area contributed by atoms with Crippen LogP contribution in [0.3, 0.4) is 0 Å². The third kappa shape index (κ3) is 1.97. The Bertz CT molecular complexity index is 260. The van der Waals surface area contributed by atoms with Crippen molar-refractivity contribution in [2.24, 2.45) is 11.3 Å². The maximum atomic E-state index is 12.0. The molecule has 2 aliphatic heterocycles. The molecule has 0 radical (unpaired) electrons. The summed E-state index contributed by atoms with van der Waals surface area (Å²) in [5, 5.41) is 0. The van der Waals surface area contributed by atoms with Crippen molar-refractivity contribution in [3.05, 3.63) is 0 Å². The Labute approximate surface area is 87.4 Å². The van der Waals surface area contributed by atoms with Gasteiger partial charge in [0.2, 0.25) is 12.3 Å². The monoisotopic (exact) mass is 219 g/mol. The third-order valence-electron chi connectivity index (χ3n) is 3.11. The average molecular weight is 219 g/mol. The van der Waals surface area contributed by atoms with E-state index in [-0.39, 0.29) is 18.2 Å². The number of likely N-dealkylation sites (tertiary alicyclic amines) is 1. The first-order chi connectivity index (χ1) is 7.01. The standard InChI is InChI=1S/C10H15F2NO2/c1-10(5-15-6-10)9(14)13-3-7(4-13)2-8(11)12/h7-8H,2-6H2,1H3. The molecule has 0 saturated carbocycles. The molecular formula is C10H15F2NO2. The lowest BCUT2D eigenvalue weighted by atomic mass is 9.84. The summed E-state index contributed by atoms with van der Waals surface area (Å²) in [4.78, 5) is 13.5. The fourth-order valence-electron chi connectivity index (χ4n) is 2.05. The van der Waals surface area contributed by atoms with Gasteiger partial charge in [0.15, 0.2) is 0 Å². The fourth-order valence-corrected chi connectivity index (χ4v) is 2.05. The number of hydrogen-bond donors (Lipinski definition) is 0. The minimum Gasteiger partial charge on any atom is -0.379 e. The summed E-state index contributed by atoms with van der Waals surface area (Å²) < 4.78 is 29.0. The van der Waals surface area contributed by atoms with Crippen LogP contribution in [-0.4, -0.2) is 43.5 Å². The highest BCUT2D eigenvalue weighted by atomic mass is 19.3. The van der Waals surface area contributed by atoms with Crippen LogP contribution < -0.4 is 0 Å². The van der Waals surface area contributed by atoms with Gasteiger partial charge < -0.3 is 9.64 Å². The zero-order valence-electron chi connectivity index (χ0n) is 8.71. The van der Waals surface area contributed by atoms with Gasteiger partial charge in [-0.1, -0.05) is 0 Å². The Balaban J connectivity index is 1.77. The second kappa shape index (κ2) is 3.70. The number of carbonyl (C=O) groups excluding carboxylic acids is 1. The van der Waals surface area contributed by atoms with E-state index in [0.717, 1.165) is 0 Å². The summed E-state index contributed by atoms with van der Waals surface area (Å²) in [5.41, 5.74) is -0.393. The second-order valence-corrected chi connectivity index (χ2v) is 4.76. The number of nitrogens with zero attached hydrogens (tertiary/aromatic N) is 1. The van der Waals surface area contributed by atoms with E-state index in [4.69, 9.17) is 4.74 Å². The summed E-state index contributed by atoms with van der Waals surface area (Å²) in [6.07, 6.45) is -2.34. The Morgan fingerprint density at radius 1 is 1.53 bits per heavy atom. The molecule has 0 aromatic carbocycles. The number of alkyl halides is 2. The van der Waals surface area contributed by atoms with Gasteiger partial charge in [0, 0.05) is 19.5 Å². The summed E-state index contributed by atoms with van der Waals surface area (Å²) >= 11 is 0. The van der Waals surface area contributed by atoms with Crippen molar-refractivity contribution in [1.29, 1.82) is 0 Å². The summed E-state index contributed by atoms with van der Waals surface area (Å²) in [6.45, 7) is 3.75. The molecule has 2 rings (SSSR count). The first-order valence-corrected chi connectivity index (χ1v) is 5.16. The lowest BCUT2D eigenvalue weighted by Crippen LogP contribution is -2.60. The zero-order valence-corrected chi connectivity index (χ0v) is 8.71. The highest BCUT2D eigenvalue weighted by Crippen LogP contribution is 2.33. The normalized spacial score (nSPS) is 24.9. The van der Waals surface area contributed by atoms with Crippen LogP contribution in [0.2, 0.25) is 0 Å². The van der Waals surface area contributed by atoms with Crippen LogP contribution in [0.5, 0.6) is 0 Å². The Kier molecular flexibility index (Phi) is 2.66. The molecule has 0 spiro atoms. The van der Waals surface area contributed by atoms with Gasteiger partial charge in [-0.15, -0.1) is 0 Å². The molecule has 5 heteroatoms. The number of rotatable bonds is 3. The Morgan fingerprint density at radius 3 is 2.53 bits per heavy atom. The van der Waals surface area contributed by atoms with Crippen LogP contribution in [0.25, 0.3) is 0 Å². The molecule has 0 unspecified atom stereocenters. The van der Waals surface area contributed by atoms with Crippen molar-refractivity contribution in [2.45, 2.75) is 19.8 Å². The molecule has 0 bridgehead atoms. The first kappa shape index (κ1) is 10.8. The summed E-state index contributed by atoms with van der Waals surface area (Å²) in [5.74, 6) is 0.0396. The van der Waals surface area contributed by atoms with Crippen molar-refractivity contribution in [2.75, 3.05) is 26.3 Å². The van der Waals surface area contributed by atoms with Crippen LogP contribution >= 0.6 is 0 Å². The smallest absolute Gasteiger partial charge is 0.239 e. The highest BCUT2D eigenvalue weighted by Gasteiger charge is 2.46. The van der Waals surface area contributed by atoms with E-state index < -0.39 is 11.8 Å². The van der Waals surface area contributed by atoms with Crippen LogP contribution in [-0.2, 0) is 9.53 Å². The average Bonchev–Trinajstić information content (AvgIpc) is 2.05. The number of carbonyl (C=O) groups is 1. The predicted octanol–water partition coefficient (Wildman–Crippen LogP) is 1.14. The predicted molar refractivity (Wildman–Crippen MR) is 49.6 cm³/mol. The molecule has 3 nitrogen and oxygen atoms in total. The largest absolute Gasteiger partial charge is 0.379 e. The fraction of sp³-hybridized carbons (Fsp3) is 0.900. The van der Waals surface area contributed by atoms with Gasteiger partial charge in [-0.05, 0) is 12.8 Å². The van der Waals surface area contributed by atoms with Gasteiger partial charge >= 0.3 is 0 Å². The first-order valence-electron chi connectivity index (χ1n) is 5.16. The van der Waals surface area contributed by atoms with Gasteiger partial charge in [0.25, 0.3) is 0 Å². The van der Waals surface area contributed by atoms with E-state index in [1.54, 1.807) is 4.90 Å². The zero-order chi connectivity index (χ0) is 11.1. The number of halogens is 2. The molecule has 2 fully saturated rings. The minimum atomic E-state index is -2.25. The summed E-state index contributed by atoms with van der Waals surface area (Å²) in [7, 11) is 0. The maximum Gasteiger partial charge on any atom is 0.239 e. The lowest BCUT2D eigenvalue weighted by molar-refractivity contribution is -0.175. The molecule has 1 amide bonds. The topological polar surface area (TPSA) is 29.5 Å². The molecule has 0 atom stereocenters. The molecule has 0 aromatic heterocycles. The van der Waals surface area contributed by atoms with Gasteiger partial charge in [-0.3, -0.25) is 4.79 Å². The second-order valence-electron chi connectivity index (χ2n) is 4.76. The summed E-state index contributed by atoms with van der Waals surface area (Å²) in [6, 6.07) is 0. The van der Waals surface area contributed by atoms with E-state index in [0.29, 0.717) is 26.3 Å². The van der Waals surface area contributed by atoms with Gasteiger partial charge in [-0.2, -0.15) is 0 Å². The van der Waals surface area contributed by atoms with Crippen LogP contribution in [0.15, 0.2) is 0 Å². The molecule has 2 heterocycles. The number of hydrogen-bond acceptors (Lipinski definition) is 2. The van der Waals surface area contributed by atoms with Crippen molar-refractivity contribution in [3.8, 4) is 0 Å². The van der Waals surface area contributed by atoms with Crippen molar-refractivity contribution in [3.63, 3.8) is 0 Å². The molecule has 15 heavy (non-hydrogen) atoms. The van der Waals surface area contributed by atoms with Crippen LogP contribution in [0.1, 0.15) is 13.3 Å². The Morgan fingerprint density at radius 2 is 2.13 bits per heavy atom. The molecule has 2 saturated heterocycles. The van der Waals surface area contributed by atoms with Crippen molar-refractivity contribution in [1.82, 2.24) is 4.90 Å².